The van der Waals surface area contributed by atoms with Gasteiger partial charge in [0.1, 0.15) is 0 Å². The summed E-state index contributed by atoms with van der Waals surface area (Å²) in [5.41, 5.74) is 3.34. The molecule has 2 N–H and O–H groups in total. The highest BCUT2D eigenvalue weighted by atomic mass is 16.1. The van der Waals surface area contributed by atoms with E-state index in [1.807, 2.05) is 66.7 Å². The minimum Gasteiger partial charge on any atom is -0.349 e. The van der Waals surface area contributed by atoms with Crippen molar-refractivity contribution in [3.05, 3.63) is 72.3 Å². The first-order chi connectivity index (χ1) is 14.3. The SMILES string of the molecule is O=C(NC1CCCCCC1)c1cccc(Nc2ccc(-c3ccccc3)nn2)c1. The van der Waals surface area contributed by atoms with E-state index in [1.165, 1.54) is 25.7 Å². The van der Waals surface area contributed by atoms with E-state index in [2.05, 4.69) is 20.8 Å². The van der Waals surface area contributed by atoms with Crippen LogP contribution in [0.2, 0.25) is 0 Å². The lowest BCUT2D eigenvalue weighted by Crippen LogP contribution is -2.34. The van der Waals surface area contributed by atoms with Crippen LogP contribution >= 0.6 is 0 Å². The molecule has 5 nitrogen and oxygen atoms in total. The fourth-order valence-electron chi connectivity index (χ4n) is 3.74. The van der Waals surface area contributed by atoms with E-state index in [4.69, 9.17) is 0 Å². The Hall–Kier alpha value is -3.21. The van der Waals surface area contributed by atoms with E-state index in [0.29, 0.717) is 11.4 Å². The van der Waals surface area contributed by atoms with E-state index >= 15 is 0 Å². The highest BCUT2D eigenvalue weighted by Crippen LogP contribution is 2.21. The van der Waals surface area contributed by atoms with Crippen molar-refractivity contribution in [1.82, 2.24) is 15.5 Å². The molecule has 5 heteroatoms. The van der Waals surface area contributed by atoms with E-state index < -0.39 is 0 Å². The van der Waals surface area contributed by atoms with Gasteiger partial charge in [0.2, 0.25) is 0 Å². The van der Waals surface area contributed by atoms with Gasteiger partial charge in [-0.3, -0.25) is 4.79 Å². The largest absolute Gasteiger partial charge is 0.349 e. The second-order valence-electron chi connectivity index (χ2n) is 7.54. The minimum atomic E-state index is -0.00828. The number of anilines is 2. The first-order valence-corrected chi connectivity index (χ1v) is 10.3. The number of nitrogens with one attached hydrogen (secondary N) is 2. The molecule has 1 fully saturated rings. The monoisotopic (exact) mass is 386 g/mol. The molecule has 0 unspecified atom stereocenters. The minimum absolute atomic E-state index is 0.00828. The molecule has 0 saturated heterocycles. The van der Waals surface area contributed by atoms with Gasteiger partial charge in [0.15, 0.2) is 5.82 Å². The van der Waals surface area contributed by atoms with E-state index in [0.717, 1.165) is 29.8 Å². The van der Waals surface area contributed by atoms with Crippen molar-refractivity contribution in [3.8, 4) is 11.3 Å². The highest BCUT2D eigenvalue weighted by molar-refractivity contribution is 5.95. The Kier molecular flexibility index (Phi) is 6.15. The molecule has 1 heterocycles. The first kappa shape index (κ1) is 19.1. The molecule has 1 saturated carbocycles. The molecule has 0 bridgehead atoms. The van der Waals surface area contributed by atoms with Gasteiger partial charge in [0.05, 0.1) is 5.69 Å². The van der Waals surface area contributed by atoms with Crippen LogP contribution in [0.5, 0.6) is 0 Å². The third-order valence-corrected chi connectivity index (χ3v) is 5.32. The molecule has 1 aliphatic carbocycles. The maximum atomic E-state index is 12.7. The molecule has 4 rings (SSSR count). The van der Waals surface area contributed by atoms with Gasteiger partial charge in [-0.2, -0.15) is 0 Å². The summed E-state index contributed by atoms with van der Waals surface area (Å²) in [6, 6.07) is 21.6. The normalized spacial score (nSPS) is 14.8. The second kappa shape index (κ2) is 9.32. The van der Waals surface area contributed by atoms with Crippen molar-refractivity contribution in [1.29, 1.82) is 0 Å². The lowest BCUT2D eigenvalue weighted by Gasteiger charge is -2.16. The molecule has 0 atom stereocenters. The summed E-state index contributed by atoms with van der Waals surface area (Å²) < 4.78 is 0. The van der Waals surface area contributed by atoms with Crippen molar-refractivity contribution in [2.24, 2.45) is 0 Å². The zero-order chi connectivity index (χ0) is 19.9. The van der Waals surface area contributed by atoms with E-state index in [-0.39, 0.29) is 11.9 Å². The van der Waals surface area contributed by atoms with Crippen LogP contribution in [0.3, 0.4) is 0 Å². The second-order valence-corrected chi connectivity index (χ2v) is 7.54. The molecule has 2 aromatic carbocycles. The van der Waals surface area contributed by atoms with Gasteiger partial charge in [0.25, 0.3) is 5.91 Å². The zero-order valence-electron chi connectivity index (χ0n) is 16.5. The fraction of sp³-hybridized carbons (Fsp3) is 0.292. The van der Waals surface area contributed by atoms with Crippen molar-refractivity contribution >= 4 is 17.4 Å². The van der Waals surface area contributed by atoms with Gasteiger partial charge in [-0.05, 0) is 43.2 Å². The average molecular weight is 386 g/mol. The molecule has 0 spiro atoms. The Morgan fingerprint density at radius 1 is 0.828 bits per heavy atom. The quantitative estimate of drug-likeness (QED) is 0.581. The third kappa shape index (κ3) is 5.19. The van der Waals surface area contributed by atoms with Crippen LogP contribution in [0, 0.1) is 0 Å². The predicted molar refractivity (Wildman–Crippen MR) is 116 cm³/mol. The van der Waals surface area contributed by atoms with Gasteiger partial charge < -0.3 is 10.6 Å². The number of hydrogen-bond acceptors (Lipinski definition) is 4. The smallest absolute Gasteiger partial charge is 0.251 e. The van der Waals surface area contributed by atoms with Crippen LogP contribution in [0.25, 0.3) is 11.3 Å². The molecule has 29 heavy (non-hydrogen) atoms. The molecule has 1 aliphatic rings. The summed E-state index contributed by atoms with van der Waals surface area (Å²) in [7, 11) is 0. The number of carbonyl (C=O) groups is 1. The zero-order valence-corrected chi connectivity index (χ0v) is 16.5. The lowest BCUT2D eigenvalue weighted by atomic mass is 10.1. The molecule has 1 aromatic heterocycles. The Bertz CT molecular complexity index is 933. The third-order valence-electron chi connectivity index (χ3n) is 5.32. The van der Waals surface area contributed by atoms with Crippen LogP contribution in [-0.2, 0) is 0 Å². The van der Waals surface area contributed by atoms with Gasteiger partial charge in [0, 0.05) is 22.9 Å². The number of nitrogens with zero attached hydrogens (tertiary/aromatic N) is 2. The van der Waals surface area contributed by atoms with Crippen LogP contribution in [0.15, 0.2) is 66.7 Å². The highest BCUT2D eigenvalue weighted by Gasteiger charge is 2.16. The number of rotatable bonds is 5. The topological polar surface area (TPSA) is 66.9 Å². The molecule has 3 aromatic rings. The maximum absolute atomic E-state index is 12.7. The van der Waals surface area contributed by atoms with E-state index in [1.54, 1.807) is 0 Å². The predicted octanol–water partition coefficient (Wildman–Crippen LogP) is 5.34. The molecule has 0 radical (unpaired) electrons. The number of amides is 1. The van der Waals surface area contributed by atoms with Crippen LogP contribution in [0.4, 0.5) is 11.5 Å². The summed E-state index contributed by atoms with van der Waals surface area (Å²) in [5, 5.41) is 15.0. The fourth-order valence-corrected chi connectivity index (χ4v) is 3.74. The van der Waals surface area contributed by atoms with Crippen LogP contribution < -0.4 is 10.6 Å². The molecule has 0 aliphatic heterocycles. The molecule has 148 valence electrons. The Morgan fingerprint density at radius 3 is 2.34 bits per heavy atom. The number of carbonyl (C=O) groups excluding carboxylic acids is 1. The summed E-state index contributed by atoms with van der Waals surface area (Å²) in [6.45, 7) is 0. The van der Waals surface area contributed by atoms with Gasteiger partial charge >= 0.3 is 0 Å². The van der Waals surface area contributed by atoms with Crippen molar-refractivity contribution < 1.29 is 4.79 Å². The van der Waals surface area contributed by atoms with E-state index in [9.17, 15) is 4.79 Å². The lowest BCUT2D eigenvalue weighted by molar-refractivity contribution is 0.0933. The molecule has 1 amide bonds. The summed E-state index contributed by atoms with van der Waals surface area (Å²) in [6.07, 6.45) is 7.10. The number of hydrogen-bond donors (Lipinski definition) is 2. The summed E-state index contributed by atoms with van der Waals surface area (Å²) >= 11 is 0. The summed E-state index contributed by atoms with van der Waals surface area (Å²) in [5.74, 6) is 0.636. The van der Waals surface area contributed by atoms with Crippen molar-refractivity contribution in [2.75, 3.05) is 5.32 Å². The maximum Gasteiger partial charge on any atom is 0.251 e. The van der Waals surface area contributed by atoms with Crippen molar-refractivity contribution in [2.45, 2.75) is 44.6 Å². The Morgan fingerprint density at radius 2 is 1.62 bits per heavy atom. The number of aromatic nitrogens is 2. The summed E-state index contributed by atoms with van der Waals surface area (Å²) in [4.78, 5) is 12.7. The van der Waals surface area contributed by atoms with Gasteiger partial charge in [-0.15, -0.1) is 10.2 Å². The first-order valence-electron chi connectivity index (χ1n) is 10.3. The van der Waals surface area contributed by atoms with Gasteiger partial charge in [-0.25, -0.2) is 0 Å². The van der Waals surface area contributed by atoms with Crippen molar-refractivity contribution in [3.63, 3.8) is 0 Å². The number of benzene rings is 2. The van der Waals surface area contributed by atoms with Crippen LogP contribution in [-0.4, -0.2) is 22.1 Å². The Balaban J connectivity index is 1.41. The van der Waals surface area contributed by atoms with Crippen LogP contribution in [0.1, 0.15) is 48.9 Å². The van der Waals surface area contributed by atoms with Gasteiger partial charge in [-0.1, -0.05) is 62.1 Å². The Labute approximate surface area is 171 Å². The average Bonchev–Trinajstić information content (AvgIpc) is 3.04. The standard InChI is InChI=1S/C24H26N4O/c29-24(26-20-12-6-1-2-7-13-20)19-11-8-14-21(17-19)25-23-16-15-22(27-28-23)18-9-4-3-5-10-18/h3-5,8-11,14-17,20H,1-2,6-7,12-13H2,(H,25,28)(H,26,29). The molecular weight excluding hydrogens is 360 g/mol. The molecular formula is C24H26N4O.